The van der Waals surface area contributed by atoms with Crippen LogP contribution in [0, 0.1) is 19.7 Å². The van der Waals surface area contributed by atoms with Gasteiger partial charge in [0.15, 0.2) is 0 Å². The van der Waals surface area contributed by atoms with Crippen LogP contribution in [0.15, 0.2) is 53.5 Å². The molecule has 5 rings (SSSR count). The van der Waals surface area contributed by atoms with E-state index in [9.17, 15) is 9.18 Å². The summed E-state index contributed by atoms with van der Waals surface area (Å²) in [6.07, 6.45) is 1.66. The number of aromatic amines is 1. The third-order valence-electron chi connectivity index (χ3n) is 6.47. The number of pyridine rings is 1. The van der Waals surface area contributed by atoms with E-state index in [1.165, 1.54) is 17.3 Å². The lowest BCUT2D eigenvalue weighted by Gasteiger charge is -2.35. The van der Waals surface area contributed by atoms with E-state index >= 15 is 0 Å². The number of hydrogen-bond acceptors (Lipinski definition) is 6. The molecular weight excluding hydrogens is 431 g/mol. The zero-order valence-electron chi connectivity index (χ0n) is 19.5. The number of aryl methyl sites for hydroxylation is 2. The van der Waals surface area contributed by atoms with Gasteiger partial charge in [-0.2, -0.15) is 4.98 Å². The van der Waals surface area contributed by atoms with Crippen molar-refractivity contribution in [3.8, 4) is 11.1 Å². The Labute approximate surface area is 197 Å². The molecule has 1 saturated heterocycles. The molecule has 2 N–H and O–H groups in total. The molecular formula is C26H27FN6O. The van der Waals surface area contributed by atoms with Crippen LogP contribution in [0.5, 0.6) is 0 Å². The number of nitrogens with one attached hydrogen (secondary N) is 2. The molecule has 0 aliphatic carbocycles. The number of benzene rings is 2. The number of fused-ring (bicyclic) bond motifs is 1. The predicted molar refractivity (Wildman–Crippen MR) is 134 cm³/mol. The van der Waals surface area contributed by atoms with Crippen LogP contribution in [0.3, 0.4) is 0 Å². The first-order chi connectivity index (χ1) is 16.4. The van der Waals surface area contributed by atoms with Gasteiger partial charge in [-0.15, -0.1) is 0 Å². The maximum atomic E-state index is 14.3. The van der Waals surface area contributed by atoms with Crippen LogP contribution in [-0.4, -0.2) is 53.1 Å². The molecule has 2 aromatic heterocycles. The SMILES string of the molecule is Cc1cc(Nc2ncc3c(C)c(-c4ccccc4F)c(=O)[nH]c3n2)ccc1N1CCN(C)CC1. The van der Waals surface area contributed by atoms with E-state index in [1.54, 1.807) is 31.3 Å². The third kappa shape index (κ3) is 4.12. The molecule has 0 spiro atoms. The second-order valence-corrected chi connectivity index (χ2v) is 8.81. The molecule has 3 heterocycles. The summed E-state index contributed by atoms with van der Waals surface area (Å²) in [5.74, 6) is -0.0574. The van der Waals surface area contributed by atoms with E-state index in [2.05, 4.69) is 56.2 Å². The fourth-order valence-corrected chi connectivity index (χ4v) is 4.54. The van der Waals surface area contributed by atoms with Gasteiger partial charge in [-0.1, -0.05) is 18.2 Å². The maximum absolute atomic E-state index is 14.3. The monoisotopic (exact) mass is 458 g/mol. The van der Waals surface area contributed by atoms with Crippen LogP contribution in [-0.2, 0) is 0 Å². The number of likely N-dealkylation sites (N-methyl/N-ethyl adjacent to an activating group) is 1. The number of anilines is 3. The van der Waals surface area contributed by atoms with Crippen LogP contribution < -0.4 is 15.8 Å². The minimum absolute atomic E-state index is 0.265. The minimum Gasteiger partial charge on any atom is -0.369 e. The first-order valence-electron chi connectivity index (χ1n) is 11.4. The number of hydrogen-bond donors (Lipinski definition) is 2. The Morgan fingerprint density at radius 3 is 2.56 bits per heavy atom. The van der Waals surface area contributed by atoms with Gasteiger partial charge in [0.1, 0.15) is 11.5 Å². The normalized spacial score (nSPS) is 14.5. The van der Waals surface area contributed by atoms with Gasteiger partial charge in [0.25, 0.3) is 5.56 Å². The van der Waals surface area contributed by atoms with Gasteiger partial charge in [0.05, 0.1) is 5.56 Å². The van der Waals surface area contributed by atoms with Crippen molar-refractivity contribution in [1.82, 2.24) is 19.9 Å². The van der Waals surface area contributed by atoms with Crippen LogP contribution in [0.25, 0.3) is 22.2 Å². The molecule has 2 aromatic carbocycles. The summed E-state index contributed by atoms with van der Waals surface area (Å²) in [6, 6.07) is 12.5. The number of piperazine rings is 1. The van der Waals surface area contributed by atoms with Crippen LogP contribution >= 0.6 is 0 Å². The summed E-state index contributed by atoms with van der Waals surface area (Å²) in [4.78, 5) is 29.3. The van der Waals surface area contributed by atoms with Gasteiger partial charge in [-0.3, -0.25) is 4.79 Å². The highest BCUT2D eigenvalue weighted by Gasteiger charge is 2.17. The van der Waals surface area contributed by atoms with Crippen molar-refractivity contribution in [3.63, 3.8) is 0 Å². The average molecular weight is 459 g/mol. The number of rotatable bonds is 4. The van der Waals surface area contributed by atoms with Gasteiger partial charge in [-0.05, 0) is 56.3 Å². The van der Waals surface area contributed by atoms with Crippen molar-refractivity contribution in [2.75, 3.05) is 43.4 Å². The number of H-pyrrole nitrogens is 1. The summed E-state index contributed by atoms with van der Waals surface area (Å²) in [5, 5.41) is 3.91. The molecule has 8 heteroatoms. The smallest absolute Gasteiger partial charge is 0.257 e. The average Bonchev–Trinajstić information content (AvgIpc) is 2.81. The van der Waals surface area contributed by atoms with E-state index in [-0.39, 0.29) is 11.1 Å². The predicted octanol–water partition coefficient (Wildman–Crippen LogP) is 4.24. The molecule has 0 bridgehead atoms. The number of aromatic nitrogens is 3. The Morgan fingerprint density at radius 1 is 1.06 bits per heavy atom. The van der Waals surface area contributed by atoms with Gasteiger partial charge >= 0.3 is 0 Å². The molecule has 0 radical (unpaired) electrons. The van der Waals surface area contributed by atoms with Crippen molar-refractivity contribution in [2.24, 2.45) is 0 Å². The summed E-state index contributed by atoms with van der Waals surface area (Å²) in [7, 11) is 2.15. The zero-order chi connectivity index (χ0) is 23.8. The molecule has 0 unspecified atom stereocenters. The Morgan fingerprint density at radius 2 is 1.82 bits per heavy atom. The lowest BCUT2D eigenvalue weighted by Crippen LogP contribution is -2.44. The molecule has 4 aromatic rings. The van der Waals surface area contributed by atoms with E-state index in [0.29, 0.717) is 28.1 Å². The molecule has 174 valence electrons. The van der Waals surface area contributed by atoms with Crippen molar-refractivity contribution < 1.29 is 4.39 Å². The summed E-state index contributed by atoms with van der Waals surface area (Å²) in [5.41, 5.74) is 4.51. The van der Waals surface area contributed by atoms with Crippen LogP contribution in [0.4, 0.5) is 21.7 Å². The van der Waals surface area contributed by atoms with Gasteiger partial charge in [0.2, 0.25) is 5.95 Å². The highest BCUT2D eigenvalue weighted by atomic mass is 19.1. The molecule has 0 saturated carbocycles. The van der Waals surface area contributed by atoms with E-state index < -0.39 is 5.82 Å². The Bertz CT molecular complexity index is 1420. The molecule has 1 aliphatic heterocycles. The second kappa shape index (κ2) is 8.87. The summed E-state index contributed by atoms with van der Waals surface area (Å²) >= 11 is 0. The largest absolute Gasteiger partial charge is 0.369 e. The molecule has 34 heavy (non-hydrogen) atoms. The summed E-state index contributed by atoms with van der Waals surface area (Å²) in [6.45, 7) is 8.03. The van der Waals surface area contributed by atoms with Crippen molar-refractivity contribution in [3.05, 3.63) is 76.0 Å². The van der Waals surface area contributed by atoms with Gasteiger partial charge < -0.3 is 20.1 Å². The standard InChI is InChI=1S/C26H27FN6O/c1-16-14-18(8-9-22(16)33-12-10-32(3)11-13-33)29-26-28-15-20-17(2)23(25(34)30-24(20)31-26)19-6-4-5-7-21(19)27/h4-9,14-15H,10-13H2,1-3H3,(H2,28,29,30,31,34). The fourth-order valence-electron chi connectivity index (χ4n) is 4.54. The molecule has 0 amide bonds. The molecule has 1 aliphatic rings. The Kier molecular flexibility index (Phi) is 5.75. The first kappa shape index (κ1) is 22.0. The van der Waals surface area contributed by atoms with Gasteiger partial charge in [-0.25, -0.2) is 9.37 Å². The van der Waals surface area contributed by atoms with E-state index in [4.69, 9.17) is 0 Å². The Hall–Kier alpha value is -3.78. The second-order valence-electron chi connectivity index (χ2n) is 8.81. The lowest BCUT2D eigenvalue weighted by atomic mass is 10.00. The fraction of sp³-hybridized carbons (Fsp3) is 0.269. The minimum atomic E-state index is -0.440. The zero-order valence-corrected chi connectivity index (χ0v) is 19.5. The van der Waals surface area contributed by atoms with Crippen LogP contribution in [0.2, 0.25) is 0 Å². The summed E-state index contributed by atoms with van der Waals surface area (Å²) < 4.78 is 14.3. The van der Waals surface area contributed by atoms with Crippen molar-refractivity contribution >= 4 is 28.4 Å². The highest BCUT2D eigenvalue weighted by Crippen LogP contribution is 2.28. The van der Waals surface area contributed by atoms with Crippen LogP contribution in [0.1, 0.15) is 11.1 Å². The highest BCUT2D eigenvalue weighted by molar-refractivity contribution is 5.86. The quantitative estimate of drug-likeness (QED) is 0.477. The Balaban J connectivity index is 1.43. The molecule has 7 nitrogen and oxygen atoms in total. The van der Waals surface area contributed by atoms with E-state index in [1.807, 2.05) is 6.07 Å². The van der Waals surface area contributed by atoms with E-state index in [0.717, 1.165) is 31.9 Å². The maximum Gasteiger partial charge on any atom is 0.257 e. The lowest BCUT2D eigenvalue weighted by molar-refractivity contribution is 0.312. The van der Waals surface area contributed by atoms with Crippen molar-refractivity contribution in [2.45, 2.75) is 13.8 Å². The number of halogens is 1. The topological polar surface area (TPSA) is 77.1 Å². The first-order valence-corrected chi connectivity index (χ1v) is 11.4. The molecule has 1 fully saturated rings. The van der Waals surface area contributed by atoms with Crippen molar-refractivity contribution in [1.29, 1.82) is 0 Å². The van der Waals surface area contributed by atoms with Gasteiger partial charge in [0, 0.05) is 54.7 Å². The molecule has 0 atom stereocenters. The number of nitrogens with zero attached hydrogens (tertiary/aromatic N) is 4. The third-order valence-corrected chi connectivity index (χ3v) is 6.47.